The molecular formula is C13H22N6O. The fourth-order valence-electron chi connectivity index (χ4n) is 1.86. The Morgan fingerprint density at radius 1 is 1.35 bits per heavy atom. The molecule has 0 bridgehead atoms. The third-order valence-corrected chi connectivity index (χ3v) is 3.23. The summed E-state index contributed by atoms with van der Waals surface area (Å²) in [7, 11) is 0. The number of amides is 1. The Morgan fingerprint density at radius 2 is 2.05 bits per heavy atom. The third kappa shape index (κ3) is 3.57. The van der Waals surface area contributed by atoms with Crippen molar-refractivity contribution in [2.45, 2.75) is 39.0 Å². The molecule has 1 aromatic heterocycles. The number of hydrogen-bond acceptors (Lipinski definition) is 6. The molecule has 0 spiro atoms. The van der Waals surface area contributed by atoms with Crippen molar-refractivity contribution in [3.8, 4) is 0 Å². The number of hydrazine groups is 1. The first-order chi connectivity index (χ1) is 9.65. The van der Waals surface area contributed by atoms with Crippen molar-refractivity contribution < 1.29 is 4.79 Å². The molecule has 20 heavy (non-hydrogen) atoms. The largest absolute Gasteiger partial charge is 0.361 e. The van der Waals surface area contributed by atoms with Crippen LogP contribution >= 0.6 is 0 Å². The van der Waals surface area contributed by atoms with Gasteiger partial charge in [0, 0.05) is 18.0 Å². The second kappa shape index (κ2) is 6.51. The number of nitrogens with two attached hydrogens (primary N) is 1. The van der Waals surface area contributed by atoms with E-state index in [0.717, 1.165) is 30.7 Å². The lowest BCUT2D eigenvalue weighted by Crippen LogP contribution is -2.30. The molecule has 1 fully saturated rings. The highest BCUT2D eigenvalue weighted by atomic mass is 16.1. The van der Waals surface area contributed by atoms with Crippen LogP contribution in [-0.4, -0.2) is 29.0 Å². The molecule has 1 aromatic rings. The van der Waals surface area contributed by atoms with Crippen molar-refractivity contribution in [1.82, 2.24) is 15.3 Å². The van der Waals surface area contributed by atoms with Gasteiger partial charge in [-0.05, 0) is 26.2 Å². The van der Waals surface area contributed by atoms with Crippen LogP contribution in [-0.2, 0) is 4.79 Å². The Balaban J connectivity index is 2.05. The number of anilines is 2. The van der Waals surface area contributed by atoms with Crippen molar-refractivity contribution in [3.05, 3.63) is 11.4 Å². The van der Waals surface area contributed by atoms with Crippen LogP contribution in [0.2, 0.25) is 0 Å². The van der Waals surface area contributed by atoms with E-state index in [4.69, 9.17) is 5.84 Å². The van der Waals surface area contributed by atoms with Gasteiger partial charge in [0.05, 0.1) is 6.54 Å². The van der Waals surface area contributed by atoms with Crippen LogP contribution in [0.25, 0.3) is 0 Å². The van der Waals surface area contributed by atoms with Crippen LogP contribution < -0.4 is 21.9 Å². The molecule has 0 unspecified atom stereocenters. The molecule has 0 aliphatic heterocycles. The van der Waals surface area contributed by atoms with Gasteiger partial charge >= 0.3 is 0 Å². The number of hydrogen-bond donors (Lipinski definition) is 4. The summed E-state index contributed by atoms with van der Waals surface area (Å²) in [5, 5.41) is 5.88. The lowest BCUT2D eigenvalue weighted by Gasteiger charge is -2.13. The molecule has 1 amide bonds. The summed E-state index contributed by atoms with van der Waals surface area (Å²) in [4.78, 5) is 20.5. The van der Waals surface area contributed by atoms with Gasteiger partial charge in [0.15, 0.2) is 0 Å². The number of carbonyl (C=O) groups is 1. The minimum atomic E-state index is -0.0416. The van der Waals surface area contributed by atoms with Gasteiger partial charge < -0.3 is 16.1 Å². The molecule has 0 saturated heterocycles. The van der Waals surface area contributed by atoms with E-state index in [1.54, 1.807) is 0 Å². The maximum atomic E-state index is 11.6. The van der Waals surface area contributed by atoms with Crippen LogP contribution in [0.1, 0.15) is 43.5 Å². The van der Waals surface area contributed by atoms with E-state index in [1.807, 2.05) is 13.8 Å². The first-order valence-corrected chi connectivity index (χ1v) is 7.01. The van der Waals surface area contributed by atoms with Crippen LogP contribution in [0, 0.1) is 6.92 Å². The SMILES string of the molecule is CCCNC(=O)CNc1nc(C2CC2)nc(NN)c1C. The Kier molecular flexibility index (Phi) is 4.73. The molecule has 1 aliphatic carbocycles. The number of aromatic nitrogens is 2. The lowest BCUT2D eigenvalue weighted by atomic mass is 10.3. The van der Waals surface area contributed by atoms with Crippen LogP contribution in [0.3, 0.4) is 0 Å². The van der Waals surface area contributed by atoms with E-state index in [9.17, 15) is 4.79 Å². The third-order valence-electron chi connectivity index (χ3n) is 3.23. The van der Waals surface area contributed by atoms with Gasteiger partial charge in [-0.2, -0.15) is 0 Å². The second-order valence-electron chi connectivity index (χ2n) is 5.03. The summed E-state index contributed by atoms with van der Waals surface area (Å²) in [6.45, 7) is 4.78. The standard InChI is InChI=1S/C13H22N6O/c1-3-6-15-10(20)7-16-11-8(2)12(19-14)18-13(17-11)9-4-5-9/h9H,3-7,14H2,1-2H3,(H,15,20)(H2,16,17,18,19). The highest BCUT2D eigenvalue weighted by molar-refractivity contribution is 5.80. The number of nitrogen functional groups attached to an aromatic ring is 1. The molecule has 0 aromatic carbocycles. The normalized spacial score (nSPS) is 13.9. The van der Waals surface area contributed by atoms with Crippen molar-refractivity contribution in [2.24, 2.45) is 5.84 Å². The van der Waals surface area contributed by atoms with Gasteiger partial charge in [0.1, 0.15) is 17.5 Å². The first kappa shape index (κ1) is 14.5. The Labute approximate surface area is 118 Å². The fraction of sp³-hybridized carbons (Fsp3) is 0.615. The Hall–Kier alpha value is -1.89. The smallest absolute Gasteiger partial charge is 0.239 e. The van der Waals surface area contributed by atoms with Crippen LogP contribution in [0.5, 0.6) is 0 Å². The molecule has 7 nitrogen and oxygen atoms in total. The average molecular weight is 278 g/mol. The molecule has 2 rings (SSSR count). The molecule has 1 heterocycles. The number of rotatable bonds is 7. The second-order valence-corrected chi connectivity index (χ2v) is 5.03. The maximum Gasteiger partial charge on any atom is 0.239 e. The molecule has 110 valence electrons. The fourth-order valence-corrected chi connectivity index (χ4v) is 1.86. The van der Waals surface area contributed by atoms with E-state index in [0.29, 0.717) is 24.1 Å². The van der Waals surface area contributed by atoms with Crippen LogP contribution in [0.4, 0.5) is 11.6 Å². The summed E-state index contributed by atoms with van der Waals surface area (Å²) in [5.41, 5.74) is 3.41. The molecule has 7 heteroatoms. The Bertz CT molecular complexity index is 486. The van der Waals surface area contributed by atoms with E-state index in [2.05, 4.69) is 26.0 Å². The van der Waals surface area contributed by atoms with Gasteiger partial charge in [-0.3, -0.25) is 4.79 Å². The predicted molar refractivity (Wildman–Crippen MR) is 78.3 cm³/mol. The molecule has 5 N–H and O–H groups in total. The van der Waals surface area contributed by atoms with Gasteiger partial charge in [0.2, 0.25) is 5.91 Å². The van der Waals surface area contributed by atoms with Crippen molar-refractivity contribution in [1.29, 1.82) is 0 Å². The zero-order chi connectivity index (χ0) is 14.5. The minimum Gasteiger partial charge on any atom is -0.361 e. The number of carbonyl (C=O) groups excluding carboxylic acids is 1. The van der Waals surface area contributed by atoms with E-state index in [-0.39, 0.29) is 12.5 Å². The van der Waals surface area contributed by atoms with Crippen molar-refractivity contribution >= 4 is 17.5 Å². The van der Waals surface area contributed by atoms with E-state index in [1.165, 1.54) is 0 Å². The lowest BCUT2D eigenvalue weighted by molar-refractivity contribution is -0.119. The maximum absolute atomic E-state index is 11.6. The highest BCUT2D eigenvalue weighted by Gasteiger charge is 2.28. The number of nitrogens with zero attached hydrogens (tertiary/aromatic N) is 2. The monoisotopic (exact) mass is 278 g/mol. The molecule has 1 aliphatic rings. The van der Waals surface area contributed by atoms with Crippen LogP contribution in [0.15, 0.2) is 0 Å². The summed E-state index contributed by atoms with van der Waals surface area (Å²) in [6, 6.07) is 0. The predicted octanol–water partition coefficient (Wildman–Crippen LogP) is 0.886. The first-order valence-electron chi connectivity index (χ1n) is 7.01. The summed E-state index contributed by atoms with van der Waals surface area (Å²) >= 11 is 0. The zero-order valence-electron chi connectivity index (χ0n) is 12.0. The van der Waals surface area contributed by atoms with Gasteiger partial charge in [-0.25, -0.2) is 15.8 Å². The van der Waals surface area contributed by atoms with Crippen molar-refractivity contribution in [2.75, 3.05) is 23.8 Å². The van der Waals surface area contributed by atoms with Crippen molar-refractivity contribution in [3.63, 3.8) is 0 Å². The zero-order valence-corrected chi connectivity index (χ0v) is 12.0. The van der Waals surface area contributed by atoms with Gasteiger partial charge in [-0.15, -0.1) is 0 Å². The average Bonchev–Trinajstić information content (AvgIpc) is 3.28. The van der Waals surface area contributed by atoms with E-state index >= 15 is 0 Å². The summed E-state index contributed by atoms with van der Waals surface area (Å²) < 4.78 is 0. The molecule has 0 atom stereocenters. The summed E-state index contributed by atoms with van der Waals surface area (Å²) in [6.07, 6.45) is 3.15. The summed E-state index contributed by atoms with van der Waals surface area (Å²) in [5.74, 6) is 7.94. The topological polar surface area (TPSA) is 105 Å². The molecular weight excluding hydrogens is 256 g/mol. The Morgan fingerprint density at radius 3 is 2.65 bits per heavy atom. The van der Waals surface area contributed by atoms with Gasteiger partial charge in [-0.1, -0.05) is 6.92 Å². The molecule has 0 radical (unpaired) electrons. The minimum absolute atomic E-state index is 0.0416. The molecule has 1 saturated carbocycles. The number of nitrogens with one attached hydrogen (secondary N) is 3. The van der Waals surface area contributed by atoms with Gasteiger partial charge in [0.25, 0.3) is 0 Å². The highest BCUT2D eigenvalue weighted by Crippen LogP contribution is 2.39. The quantitative estimate of drug-likeness (QED) is 0.436. The van der Waals surface area contributed by atoms with E-state index < -0.39 is 0 Å².